The van der Waals surface area contributed by atoms with E-state index in [1.54, 1.807) is 0 Å². The van der Waals surface area contributed by atoms with Crippen LogP contribution in [0.15, 0.2) is 51.1 Å². The maximum absolute atomic E-state index is 13.0. The monoisotopic (exact) mass is 446 g/mol. The molecule has 1 aliphatic heterocycles. The summed E-state index contributed by atoms with van der Waals surface area (Å²) >= 11 is 1.45. The van der Waals surface area contributed by atoms with E-state index < -0.39 is 15.9 Å². The van der Waals surface area contributed by atoms with E-state index in [1.165, 1.54) is 39.9 Å². The fourth-order valence-corrected chi connectivity index (χ4v) is 6.00. The van der Waals surface area contributed by atoms with Gasteiger partial charge in [0.05, 0.1) is 9.77 Å². The number of thiophene rings is 1. The molecule has 30 heavy (non-hydrogen) atoms. The first kappa shape index (κ1) is 20.7. The van der Waals surface area contributed by atoms with Crippen molar-refractivity contribution in [3.63, 3.8) is 0 Å². The summed E-state index contributed by atoms with van der Waals surface area (Å²) < 4.78 is 32.9. The molecular formula is C20H22N4O4S2. The Kier molecular flexibility index (Phi) is 5.72. The fraction of sp³-hybridized carbons (Fsp3) is 0.350. The van der Waals surface area contributed by atoms with Gasteiger partial charge in [0.1, 0.15) is 0 Å². The first-order chi connectivity index (χ1) is 14.3. The summed E-state index contributed by atoms with van der Waals surface area (Å²) in [6.07, 6.45) is 1.02. The van der Waals surface area contributed by atoms with Crippen LogP contribution in [0.2, 0.25) is 0 Å². The van der Waals surface area contributed by atoms with Gasteiger partial charge < -0.3 is 4.42 Å². The second-order valence-corrected chi connectivity index (χ2v) is 10.5. The zero-order valence-electron chi connectivity index (χ0n) is 16.6. The molecule has 1 saturated heterocycles. The average Bonchev–Trinajstić information content (AvgIpc) is 3.39. The summed E-state index contributed by atoms with van der Waals surface area (Å²) in [6.45, 7) is 5.15. The molecule has 3 aromatic rings. The Hall–Kier alpha value is -2.56. The minimum Gasteiger partial charge on any atom is -0.402 e. The third kappa shape index (κ3) is 4.30. The number of aromatic nitrogens is 2. The first-order valence-corrected chi connectivity index (χ1v) is 11.9. The number of sulfonamides is 1. The number of carbonyl (C=O) groups excluding carboxylic acids is 1. The number of piperidine rings is 1. The zero-order valence-corrected chi connectivity index (χ0v) is 18.2. The number of hydrogen-bond acceptors (Lipinski definition) is 7. The van der Waals surface area contributed by atoms with Crippen molar-refractivity contribution in [2.24, 2.45) is 11.8 Å². The molecular weight excluding hydrogens is 424 g/mol. The lowest BCUT2D eigenvalue weighted by molar-refractivity contribution is 0.102. The largest absolute Gasteiger partial charge is 0.402 e. The molecule has 0 saturated carbocycles. The molecule has 10 heteroatoms. The number of rotatable bonds is 5. The van der Waals surface area contributed by atoms with Crippen LogP contribution in [0, 0.1) is 11.8 Å². The van der Waals surface area contributed by atoms with Crippen molar-refractivity contribution in [2.75, 3.05) is 18.4 Å². The lowest BCUT2D eigenvalue weighted by Crippen LogP contribution is -2.42. The molecule has 0 aliphatic carbocycles. The summed E-state index contributed by atoms with van der Waals surface area (Å²) in [5.74, 6) is 0.511. The first-order valence-electron chi connectivity index (χ1n) is 9.62. The van der Waals surface area contributed by atoms with Crippen LogP contribution in [0.5, 0.6) is 0 Å². The van der Waals surface area contributed by atoms with Crippen molar-refractivity contribution in [1.82, 2.24) is 14.5 Å². The standard InChI is InChI=1S/C20H22N4O4S2/c1-13-10-14(2)12-24(11-13)30(26,27)16-7-5-15(6-8-16)18(25)21-20-23-22-19(28-20)17-4-3-9-29-17/h3-9,13-14H,10-12H2,1-2H3,(H,21,23,25)/t13-,14-/m1/s1. The Morgan fingerprint density at radius 2 is 1.83 bits per heavy atom. The molecule has 1 aliphatic rings. The topological polar surface area (TPSA) is 105 Å². The Balaban J connectivity index is 1.46. The lowest BCUT2D eigenvalue weighted by Gasteiger charge is -2.34. The van der Waals surface area contributed by atoms with Gasteiger partial charge in [-0.05, 0) is 54.0 Å². The number of hydrogen-bond donors (Lipinski definition) is 1. The summed E-state index contributed by atoms with van der Waals surface area (Å²) in [5.41, 5.74) is 0.296. The Morgan fingerprint density at radius 1 is 1.13 bits per heavy atom. The van der Waals surface area contributed by atoms with Gasteiger partial charge in [0.15, 0.2) is 0 Å². The smallest absolute Gasteiger partial charge is 0.322 e. The third-order valence-electron chi connectivity index (χ3n) is 4.97. The SMILES string of the molecule is C[C@@H]1C[C@@H](C)CN(S(=O)(=O)c2ccc(C(=O)Nc3nnc(-c4cccs4)o3)cc2)C1. The molecule has 1 N–H and O–H groups in total. The van der Waals surface area contributed by atoms with Gasteiger partial charge in [0.25, 0.3) is 11.8 Å². The van der Waals surface area contributed by atoms with Gasteiger partial charge in [0, 0.05) is 18.7 Å². The predicted molar refractivity (Wildman–Crippen MR) is 114 cm³/mol. The highest BCUT2D eigenvalue weighted by atomic mass is 32.2. The Labute approximate surface area is 179 Å². The molecule has 0 bridgehead atoms. The number of nitrogens with zero attached hydrogens (tertiary/aromatic N) is 3. The quantitative estimate of drug-likeness (QED) is 0.640. The zero-order chi connectivity index (χ0) is 21.3. The van der Waals surface area contributed by atoms with Crippen molar-refractivity contribution in [3.8, 4) is 10.8 Å². The summed E-state index contributed by atoms with van der Waals surface area (Å²) in [5, 5.41) is 12.2. The van der Waals surface area contributed by atoms with Crippen molar-refractivity contribution >= 4 is 33.3 Å². The van der Waals surface area contributed by atoms with Gasteiger partial charge in [-0.25, -0.2) is 8.42 Å². The molecule has 0 radical (unpaired) electrons. The maximum Gasteiger partial charge on any atom is 0.322 e. The summed E-state index contributed by atoms with van der Waals surface area (Å²) in [4.78, 5) is 13.4. The maximum atomic E-state index is 13.0. The van der Waals surface area contributed by atoms with E-state index in [0.717, 1.165) is 11.3 Å². The van der Waals surface area contributed by atoms with Crippen molar-refractivity contribution in [1.29, 1.82) is 0 Å². The van der Waals surface area contributed by atoms with E-state index in [4.69, 9.17) is 4.42 Å². The van der Waals surface area contributed by atoms with E-state index in [9.17, 15) is 13.2 Å². The van der Waals surface area contributed by atoms with Crippen LogP contribution in [0.3, 0.4) is 0 Å². The molecule has 1 fully saturated rings. The molecule has 158 valence electrons. The van der Waals surface area contributed by atoms with Crippen LogP contribution in [0.1, 0.15) is 30.6 Å². The molecule has 2 aromatic heterocycles. The van der Waals surface area contributed by atoms with Crippen molar-refractivity contribution < 1.29 is 17.6 Å². The Morgan fingerprint density at radius 3 is 2.47 bits per heavy atom. The summed E-state index contributed by atoms with van der Waals surface area (Å²) in [7, 11) is -3.59. The van der Waals surface area contributed by atoms with Crippen LogP contribution >= 0.6 is 11.3 Å². The van der Waals surface area contributed by atoms with E-state index in [-0.39, 0.29) is 10.9 Å². The number of nitrogens with one attached hydrogen (secondary N) is 1. The van der Waals surface area contributed by atoms with Crippen molar-refractivity contribution in [2.45, 2.75) is 25.2 Å². The summed E-state index contributed by atoms with van der Waals surface area (Å²) in [6, 6.07) is 9.57. The van der Waals surface area contributed by atoms with E-state index >= 15 is 0 Å². The average molecular weight is 447 g/mol. The van der Waals surface area contributed by atoms with Crippen LogP contribution in [-0.2, 0) is 10.0 Å². The van der Waals surface area contributed by atoms with Crippen LogP contribution in [-0.4, -0.2) is 41.9 Å². The number of carbonyl (C=O) groups is 1. The third-order valence-corrected chi connectivity index (χ3v) is 7.67. The van der Waals surface area contributed by atoms with Gasteiger partial charge in [-0.3, -0.25) is 10.1 Å². The molecule has 8 nitrogen and oxygen atoms in total. The van der Waals surface area contributed by atoms with E-state index in [1.807, 2.05) is 17.5 Å². The van der Waals surface area contributed by atoms with Crippen molar-refractivity contribution in [3.05, 3.63) is 47.3 Å². The molecule has 4 rings (SSSR count). The molecule has 1 aromatic carbocycles. The number of benzene rings is 1. The van der Waals surface area contributed by atoms with Gasteiger partial charge in [-0.2, -0.15) is 4.31 Å². The molecule has 0 spiro atoms. The molecule has 1 amide bonds. The highest BCUT2D eigenvalue weighted by Gasteiger charge is 2.31. The highest BCUT2D eigenvalue weighted by Crippen LogP contribution is 2.27. The lowest BCUT2D eigenvalue weighted by atomic mass is 9.94. The van der Waals surface area contributed by atoms with E-state index in [2.05, 4.69) is 29.4 Å². The van der Waals surface area contributed by atoms with Gasteiger partial charge in [0.2, 0.25) is 10.0 Å². The number of anilines is 1. The number of amides is 1. The highest BCUT2D eigenvalue weighted by molar-refractivity contribution is 7.89. The minimum atomic E-state index is -3.59. The minimum absolute atomic E-state index is 0.0172. The second kappa shape index (κ2) is 8.29. The van der Waals surface area contributed by atoms with Gasteiger partial charge in [-0.1, -0.05) is 25.0 Å². The molecule has 2 atom stereocenters. The second-order valence-electron chi connectivity index (χ2n) is 7.64. The van der Waals surface area contributed by atoms with Crippen LogP contribution in [0.25, 0.3) is 10.8 Å². The predicted octanol–water partition coefficient (Wildman–Crippen LogP) is 3.72. The molecule has 3 heterocycles. The van der Waals surface area contributed by atoms with Crippen LogP contribution < -0.4 is 5.32 Å². The normalized spacial score (nSPS) is 20.2. The van der Waals surface area contributed by atoms with Gasteiger partial charge in [-0.15, -0.1) is 16.4 Å². The van der Waals surface area contributed by atoms with Gasteiger partial charge >= 0.3 is 6.01 Å². The fourth-order valence-electron chi connectivity index (χ4n) is 3.67. The Bertz CT molecular complexity index is 1110. The van der Waals surface area contributed by atoms with E-state index in [0.29, 0.717) is 36.4 Å². The van der Waals surface area contributed by atoms with Crippen LogP contribution in [0.4, 0.5) is 6.01 Å². The molecule has 0 unspecified atom stereocenters.